The Morgan fingerprint density at radius 3 is 2.45 bits per heavy atom. The molecule has 1 aliphatic rings. The van der Waals surface area contributed by atoms with Crippen LogP contribution >= 0.6 is 0 Å². The fraction of sp³-hybridized carbons (Fsp3) is 0.292. The molecule has 1 aliphatic carbocycles. The molecule has 0 spiro atoms. The number of carbonyl (C=O) groups excluding carboxylic acids is 1. The maximum absolute atomic E-state index is 13.4. The van der Waals surface area contributed by atoms with Crippen molar-refractivity contribution in [1.82, 2.24) is 5.32 Å². The Bertz CT molecular complexity index is 1080. The summed E-state index contributed by atoms with van der Waals surface area (Å²) < 4.78 is 26.5. The van der Waals surface area contributed by atoms with Gasteiger partial charge in [-0.25, -0.2) is 13.8 Å². The molecule has 6 N–H and O–H groups in total. The Morgan fingerprint density at radius 1 is 1.15 bits per heavy atom. The van der Waals surface area contributed by atoms with Crippen LogP contribution in [0.5, 0.6) is 0 Å². The third kappa shape index (κ3) is 6.53. The lowest BCUT2D eigenvalue weighted by Gasteiger charge is -2.40. The second-order valence-corrected chi connectivity index (χ2v) is 8.08. The molecule has 9 heteroatoms. The minimum absolute atomic E-state index is 0.0309. The summed E-state index contributed by atoms with van der Waals surface area (Å²) in [5.74, 6) is -1.62. The van der Waals surface area contributed by atoms with Gasteiger partial charge in [-0.2, -0.15) is 5.26 Å². The lowest BCUT2D eigenvalue weighted by Crippen LogP contribution is -2.48. The van der Waals surface area contributed by atoms with E-state index in [0.717, 1.165) is 12.8 Å². The van der Waals surface area contributed by atoms with Gasteiger partial charge in [-0.05, 0) is 68.1 Å². The van der Waals surface area contributed by atoms with E-state index >= 15 is 0 Å². The normalized spacial score (nSPS) is 21.2. The number of benzene rings is 2. The fourth-order valence-electron chi connectivity index (χ4n) is 3.86. The maximum Gasteiger partial charge on any atom is 0.253 e. The van der Waals surface area contributed by atoms with Gasteiger partial charge >= 0.3 is 0 Å². The summed E-state index contributed by atoms with van der Waals surface area (Å²) in [6.45, 7) is 0. The van der Waals surface area contributed by atoms with Crippen LogP contribution in [0.4, 0.5) is 20.2 Å². The average Bonchev–Trinajstić information content (AvgIpc) is 2.77. The highest BCUT2D eigenvalue weighted by atomic mass is 19.1. The predicted octanol–water partition coefficient (Wildman–Crippen LogP) is 3.62. The van der Waals surface area contributed by atoms with E-state index in [1.54, 1.807) is 6.07 Å². The smallest absolute Gasteiger partial charge is 0.253 e. The molecular formula is C24H26F2N6O. The number of nitrogens with two attached hydrogens (primary N) is 2. The second-order valence-electron chi connectivity index (χ2n) is 8.08. The standard InChI is InChI=1S/C24H26F2N6O/c25-16-4-6-18(7-5-16)32-22(28)21(23(29)33)15-30-24(12-13-27)10-8-19(9-11-24)31-20-3-1-2-17(26)14-20/h1-7,14-15,19,30-31H,8-12H2,(H2,28,32)(H2,29,33)/b21-15+. The van der Waals surface area contributed by atoms with Gasteiger partial charge in [-0.15, -0.1) is 0 Å². The molecule has 172 valence electrons. The van der Waals surface area contributed by atoms with Crippen LogP contribution in [0.1, 0.15) is 32.1 Å². The van der Waals surface area contributed by atoms with E-state index in [0.29, 0.717) is 24.2 Å². The zero-order valence-corrected chi connectivity index (χ0v) is 18.0. The molecule has 0 unspecified atom stereocenters. The van der Waals surface area contributed by atoms with E-state index in [2.05, 4.69) is 21.7 Å². The third-order valence-electron chi connectivity index (χ3n) is 5.70. The third-order valence-corrected chi connectivity index (χ3v) is 5.70. The molecule has 0 atom stereocenters. The minimum Gasteiger partial charge on any atom is -0.384 e. The summed E-state index contributed by atoms with van der Waals surface area (Å²) in [6, 6.07) is 13.9. The molecule has 1 amide bonds. The Morgan fingerprint density at radius 2 is 1.85 bits per heavy atom. The summed E-state index contributed by atoms with van der Waals surface area (Å²) >= 11 is 0. The number of hydrogen-bond acceptors (Lipinski definition) is 5. The first-order valence-corrected chi connectivity index (χ1v) is 10.6. The summed E-state index contributed by atoms with van der Waals surface area (Å²) in [7, 11) is 0. The number of nitrogens with one attached hydrogen (secondary N) is 2. The molecule has 2 aromatic carbocycles. The number of carbonyl (C=O) groups is 1. The Hall–Kier alpha value is -3.93. The first kappa shape index (κ1) is 23.7. The van der Waals surface area contributed by atoms with Crippen LogP contribution in [-0.4, -0.2) is 23.3 Å². The van der Waals surface area contributed by atoms with E-state index < -0.39 is 17.3 Å². The van der Waals surface area contributed by atoms with Crippen LogP contribution in [0.15, 0.2) is 65.3 Å². The van der Waals surface area contributed by atoms with Gasteiger partial charge in [0, 0.05) is 23.5 Å². The Labute approximate surface area is 191 Å². The van der Waals surface area contributed by atoms with Crippen LogP contribution in [0.2, 0.25) is 0 Å². The molecule has 0 heterocycles. The number of nitriles is 1. The van der Waals surface area contributed by atoms with E-state index in [4.69, 9.17) is 11.5 Å². The van der Waals surface area contributed by atoms with Crippen molar-refractivity contribution in [3.05, 3.63) is 71.9 Å². The van der Waals surface area contributed by atoms with Gasteiger partial charge in [0.05, 0.1) is 23.8 Å². The lowest BCUT2D eigenvalue weighted by atomic mass is 9.77. The topological polar surface area (TPSA) is 129 Å². The molecule has 0 bridgehead atoms. The number of hydrogen-bond donors (Lipinski definition) is 4. The van der Waals surface area contributed by atoms with Crippen molar-refractivity contribution < 1.29 is 13.6 Å². The highest BCUT2D eigenvalue weighted by Gasteiger charge is 2.35. The zero-order chi connectivity index (χ0) is 23.8. The van der Waals surface area contributed by atoms with E-state index in [9.17, 15) is 18.8 Å². The highest BCUT2D eigenvalue weighted by Crippen LogP contribution is 2.33. The van der Waals surface area contributed by atoms with Crippen molar-refractivity contribution in [3.63, 3.8) is 0 Å². The average molecular weight is 453 g/mol. The van der Waals surface area contributed by atoms with Crippen molar-refractivity contribution >= 4 is 23.1 Å². The number of primary amides is 1. The van der Waals surface area contributed by atoms with Crippen LogP contribution in [0.25, 0.3) is 0 Å². The van der Waals surface area contributed by atoms with Crippen LogP contribution in [-0.2, 0) is 4.79 Å². The van der Waals surface area contributed by atoms with Gasteiger partial charge in [0.1, 0.15) is 17.5 Å². The molecule has 2 aromatic rings. The molecule has 33 heavy (non-hydrogen) atoms. The summed E-state index contributed by atoms with van der Waals surface area (Å²) in [6.07, 6.45) is 4.39. The van der Waals surface area contributed by atoms with Crippen LogP contribution in [0, 0.1) is 23.0 Å². The molecule has 0 radical (unpaired) electrons. The summed E-state index contributed by atoms with van der Waals surface area (Å²) in [5, 5.41) is 15.9. The van der Waals surface area contributed by atoms with Crippen molar-refractivity contribution in [2.45, 2.75) is 43.7 Å². The van der Waals surface area contributed by atoms with Crippen molar-refractivity contribution in [3.8, 4) is 6.07 Å². The maximum atomic E-state index is 13.4. The molecule has 1 fully saturated rings. The minimum atomic E-state index is -0.778. The summed E-state index contributed by atoms with van der Waals surface area (Å²) in [4.78, 5) is 16.1. The number of rotatable bonds is 8. The molecule has 3 rings (SSSR count). The zero-order valence-electron chi connectivity index (χ0n) is 18.0. The van der Waals surface area contributed by atoms with Gasteiger partial charge in [0.25, 0.3) is 5.91 Å². The van der Waals surface area contributed by atoms with E-state index in [1.165, 1.54) is 42.6 Å². The van der Waals surface area contributed by atoms with Gasteiger partial charge in [-0.1, -0.05) is 6.07 Å². The number of amidine groups is 1. The number of halogens is 2. The molecular weight excluding hydrogens is 426 g/mol. The monoisotopic (exact) mass is 452 g/mol. The second kappa shape index (κ2) is 10.6. The molecule has 7 nitrogen and oxygen atoms in total. The molecule has 0 aliphatic heterocycles. The highest BCUT2D eigenvalue weighted by molar-refractivity contribution is 6.20. The van der Waals surface area contributed by atoms with Gasteiger partial charge in [0.2, 0.25) is 0 Å². The van der Waals surface area contributed by atoms with Gasteiger partial charge in [-0.3, -0.25) is 4.79 Å². The molecule has 1 saturated carbocycles. The SMILES string of the molecule is N#CCC1(N/C=C(/C(N)=O)C(N)=Nc2ccc(F)cc2)CCC(Nc2cccc(F)c2)CC1. The Kier molecular flexibility index (Phi) is 7.61. The van der Waals surface area contributed by atoms with Gasteiger partial charge < -0.3 is 22.1 Å². The van der Waals surface area contributed by atoms with Crippen molar-refractivity contribution in [2.24, 2.45) is 16.5 Å². The number of anilines is 1. The van der Waals surface area contributed by atoms with E-state index in [1.807, 2.05) is 6.07 Å². The number of nitrogens with zero attached hydrogens (tertiary/aromatic N) is 2. The van der Waals surface area contributed by atoms with Crippen molar-refractivity contribution in [2.75, 3.05) is 5.32 Å². The van der Waals surface area contributed by atoms with Crippen LogP contribution in [0.3, 0.4) is 0 Å². The number of aliphatic imine (C=N–C) groups is 1. The lowest BCUT2D eigenvalue weighted by molar-refractivity contribution is -0.114. The van der Waals surface area contributed by atoms with E-state index in [-0.39, 0.29) is 29.7 Å². The first-order valence-electron chi connectivity index (χ1n) is 10.6. The van der Waals surface area contributed by atoms with Crippen LogP contribution < -0.4 is 22.1 Å². The predicted molar refractivity (Wildman–Crippen MR) is 123 cm³/mol. The molecule has 0 saturated heterocycles. The van der Waals surface area contributed by atoms with Gasteiger partial charge in [0.15, 0.2) is 0 Å². The Balaban J connectivity index is 1.71. The quantitative estimate of drug-likeness (QED) is 0.276. The fourth-order valence-corrected chi connectivity index (χ4v) is 3.86. The largest absolute Gasteiger partial charge is 0.384 e. The number of amides is 1. The summed E-state index contributed by atoms with van der Waals surface area (Å²) in [5.41, 5.74) is 12.0. The molecule has 0 aromatic heterocycles. The first-order chi connectivity index (χ1) is 15.8. The van der Waals surface area contributed by atoms with Crippen molar-refractivity contribution in [1.29, 1.82) is 5.26 Å².